The summed E-state index contributed by atoms with van der Waals surface area (Å²) in [6, 6.07) is 0. The molecule has 0 saturated carbocycles. The zero-order valence-electron chi connectivity index (χ0n) is 16.7. The number of rotatable bonds is 0. The van der Waals surface area contributed by atoms with Crippen LogP contribution in [0.3, 0.4) is 0 Å². The largest absolute Gasteiger partial charge is 0.400 e. The molecule has 136 valence electrons. The van der Waals surface area contributed by atoms with Gasteiger partial charge in [-0.15, -0.1) is 0 Å². The van der Waals surface area contributed by atoms with Gasteiger partial charge in [0.2, 0.25) is 0 Å². The van der Waals surface area contributed by atoms with Crippen molar-refractivity contribution in [2.45, 2.75) is 48.5 Å². The van der Waals surface area contributed by atoms with E-state index in [0.717, 1.165) is 45.0 Å². The molecule has 5 unspecified atom stereocenters. The van der Waals surface area contributed by atoms with Gasteiger partial charge in [-0.05, 0) is 54.6 Å². The average molecular weight is 362 g/mol. The number of hydrogen-bond acceptors (Lipinski definition) is 3. The third-order valence-electron chi connectivity index (χ3n) is 5.78. The Morgan fingerprint density at radius 2 is 1.00 bits per heavy atom. The fourth-order valence-corrected chi connectivity index (χ4v) is 3.92. The summed E-state index contributed by atoms with van der Waals surface area (Å²) in [5.41, 5.74) is 6.68. The van der Waals surface area contributed by atoms with Gasteiger partial charge in [0.25, 0.3) is 0 Å². The summed E-state index contributed by atoms with van der Waals surface area (Å²) in [6.45, 7) is 16.8. The molecule has 2 rings (SSSR count). The van der Waals surface area contributed by atoms with Crippen LogP contribution in [0, 0.1) is 29.6 Å². The molecule has 2 aliphatic rings. The maximum atomic E-state index is 7.00. The molecule has 0 amide bonds. The van der Waals surface area contributed by atoms with E-state index < -0.39 is 0 Å². The predicted octanol–water partition coefficient (Wildman–Crippen LogP) is 3.65. The summed E-state index contributed by atoms with van der Waals surface area (Å²) >= 11 is 0. The number of hydrogen-bond donors (Lipinski definition) is 3. The van der Waals surface area contributed by atoms with Crippen LogP contribution in [0.5, 0.6) is 0 Å². The quantitative estimate of drug-likeness (QED) is 0.577. The summed E-state index contributed by atoms with van der Waals surface area (Å²) in [6.07, 6.45) is 0. The van der Waals surface area contributed by atoms with Gasteiger partial charge in [0, 0.05) is 43.0 Å². The van der Waals surface area contributed by atoms with Crippen molar-refractivity contribution in [2.75, 3.05) is 21.3 Å². The summed E-state index contributed by atoms with van der Waals surface area (Å²) in [5, 5.41) is 21.0. The fourth-order valence-electron chi connectivity index (χ4n) is 3.92. The van der Waals surface area contributed by atoms with Crippen molar-refractivity contribution >= 4 is 0 Å². The van der Waals surface area contributed by atoms with Gasteiger partial charge in [0.05, 0.1) is 0 Å². The van der Waals surface area contributed by atoms with E-state index in [1.54, 1.807) is 22.3 Å². The molecule has 0 aromatic heterocycles. The van der Waals surface area contributed by atoms with Crippen LogP contribution in [0.1, 0.15) is 48.5 Å². The second-order valence-corrected chi connectivity index (χ2v) is 6.19. The van der Waals surface area contributed by atoms with Gasteiger partial charge < -0.3 is 15.3 Å². The number of allylic oxidation sites excluding steroid dienone is 4. The maximum Gasteiger partial charge on any atom is 0.0319 e. The van der Waals surface area contributed by atoms with Crippen molar-refractivity contribution in [2.24, 2.45) is 29.6 Å². The van der Waals surface area contributed by atoms with Crippen molar-refractivity contribution in [3.05, 3.63) is 22.3 Å². The summed E-state index contributed by atoms with van der Waals surface area (Å²) in [5.74, 6) is 3.86. The first-order valence-corrected chi connectivity index (χ1v) is 8.13. The van der Waals surface area contributed by atoms with Crippen LogP contribution in [-0.4, -0.2) is 36.6 Å². The first kappa shape index (κ1) is 27.9. The summed E-state index contributed by atoms with van der Waals surface area (Å²) < 4.78 is 0. The summed E-state index contributed by atoms with van der Waals surface area (Å²) in [4.78, 5) is 0. The van der Waals surface area contributed by atoms with E-state index >= 15 is 0 Å². The minimum Gasteiger partial charge on any atom is -0.400 e. The van der Waals surface area contributed by atoms with E-state index in [4.69, 9.17) is 15.3 Å². The van der Waals surface area contributed by atoms with E-state index in [0.29, 0.717) is 5.92 Å². The van der Waals surface area contributed by atoms with Gasteiger partial charge >= 0.3 is 0 Å². The van der Waals surface area contributed by atoms with E-state index in [-0.39, 0.29) is 21.7 Å². The molecule has 0 saturated heterocycles. The first-order valence-electron chi connectivity index (χ1n) is 8.13. The first-order chi connectivity index (χ1) is 10.4. The molecule has 0 radical (unpaired) electrons. The number of aliphatic hydroxyl groups is 3. The molecule has 23 heavy (non-hydrogen) atoms. The minimum atomic E-state index is 0. The van der Waals surface area contributed by atoms with Crippen LogP contribution in [-0.2, 0) is 21.7 Å². The van der Waals surface area contributed by atoms with Crippen LogP contribution >= 0.6 is 0 Å². The van der Waals surface area contributed by atoms with Crippen LogP contribution in [0.4, 0.5) is 0 Å². The van der Waals surface area contributed by atoms with Gasteiger partial charge in [-0.3, -0.25) is 0 Å². The van der Waals surface area contributed by atoms with Gasteiger partial charge in [-0.2, -0.15) is 0 Å². The molecule has 0 spiro atoms. The van der Waals surface area contributed by atoms with Crippen LogP contribution in [0.2, 0.25) is 0 Å². The molecular formula is C19H38O3Ti. The smallest absolute Gasteiger partial charge is 0.0319 e. The van der Waals surface area contributed by atoms with E-state index in [1.165, 1.54) is 0 Å². The molecule has 0 bridgehead atoms. The molecule has 0 aromatic carbocycles. The molecule has 0 heterocycles. The molecular weight excluding hydrogens is 324 g/mol. The second kappa shape index (κ2) is 13.4. The predicted molar refractivity (Wildman–Crippen MR) is 95.6 cm³/mol. The Morgan fingerprint density at radius 1 is 0.652 bits per heavy atom. The normalized spacial score (nSPS) is 31.4. The topological polar surface area (TPSA) is 60.7 Å². The maximum absolute atomic E-state index is 7.00. The van der Waals surface area contributed by atoms with Gasteiger partial charge in [-0.25, -0.2) is 0 Å². The molecule has 4 heteroatoms. The van der Waals surface area contributed by atoms with Crippen LogP contribution < -0.4 is 0 Å². The summed E-state index contributed by atoms with van der Waals surface area (Å²) in [7, 11) is 3.00. The molecule has 3 N–H and O–H groups in total. The standard InChI is InChI=1S/C16H26.3CH4O.Ti/c1-8-9(2)12(5)16-14(7)10(3)13(6)15(16)11(8)4;3*1-2;/h8-9,11-13H,1-7H3;3*2H,1H3;. The zero-order chi connectivity index (χ0) is 18.2. The third kappa shape index (κ3) is 5.54. The van der Waals surface area contributed by atoms with Gasteiger partial charge in [0.1, 0.15) is 0 Å². The Balaban J connectivity index is -0.000000514. The Morgan fingerprint density at radius 3 is 1.39 bits per heavy atom. The molecule has 0 fully saturated rings. The van der Waals surface area contributed by atoms with Crippen LogP contribution in [0.15, 0.2) is 22.3 Å². The Labute approximate surface area is 158 Å². The van der Waals surface area contributed by atoms with Crippen LogP contribution in [0.25, 0.3) is 0 Å². The Hall–Kier alpha value is 0.0743. The van der Waals surface area contributed by atoms with Gasteiger partial charge in [-0.1, -0.05) is 45.8 Å². The van der Waals surface area contributed by atoms with E-state index in [2.05, 4.69) is 48.5 Å². The Bertz CT molecular complexity index is 388. The fraction of sp³-hybridized carbons (Fsp3) is 0.789. The minimum absolute atomic E-state index is 0. The molecule has 0 aliphatic heterocycles. The van der Waals surface area contributed by atoms with Gasteiger partial charge in [0.15, 0.2) is 0 Å². The third-order valence-corrected chi connectivity index (χ3v) is 5.78. The van der Waals surface area contributed by atoms with Crippen molar-refractivity contribution in [1.29, 1.82) is 0 Å². The van der Waals surface area contributed by atoms with Crippen molar-refractivity contribution in [1.82, 2.24) is 0 Å². The second-order valence-electron chi connectivity index (χ2n) is 6.19. The molecule has 5 atom stereocenters. The molecule has 2 aliphatic carbocycles. The van der Waals surface area contributed by atoms with E-state index in [9.17, 15) is 0 Å². The van der Waals surface area contributed by atoms with Crippen molar-refractivity contribution in [3.63, 3.8) is 0 Å². The average Bonchev–Trinajstić information content (AvgIpc) is 2.81. The van der Waals surface area contributed by atoms with E-state index in [1.807, 2.05) is 0 Å². The monoisotopic (exact) mass is 362 g/mol. The SMILES string of the molecule is CC1=C(C)C(C)C2=C1C(C)C(C)C(C)C2C.CO.CO.CO.[Ti]. The zero-order valence-corrected chi connectivity index (χ0v) is 18.3. The van der Waals surface area contributed by atoms with Crippen molar-refractivity contribution < 1.29 is 37.0 Å². The Kier molecular flexibility index (Phi) is 16.2. The molecule has 0 aromatic rings. The number of aliphatic hydroxyl groups excluding tert-OH is 3. The van der Waals surface area contributed by atoms with Crippen molar-refractivity contribution in [3.8, 4) is 0 Å². The molecule has 3 nitrogen and oxygen atoms in total.